The lowest BCUT2D eigenvalue weighted by molar-refractivity contribution is 0.0734. The number of hydrogen-bond donors (Lipinski definition) is 2. The molecule has 2 heterocycles. The third-order valence-electron chi connectivity index (χ3n) is 3.69. The first-order valence-electron chi connectivity index (χ1n) is 6.56. The Balaban J connectivity index is 1.89. The molecule has 1 amide bonds. The molecule has 98 valence electrons. The Morgan fingerprint density at radius 2 is 2.11 bits per heavy atom. The summed E-state index contributed by atoms with van der Waals surface area (Å²) in [4.78, 5) is 17.7. The number of H-pyrrole nitrogens is 1. The number of rotatable bonds is 2. The summed E-state index contributed by atoms with van der Waals surface area (Å²) in [5.74, 6) is 0.0233. The first-order chi connectivity index (χ1) is 9.27. The van der Waals surface area contributed by atoms with Crippen LogP contribution in [0.3, 0.4) is 0 Å². The van der Waals surface area contributed by atoms with E-state index in [1.807, 2.05) is 35.4 Å². The van der Waals surface area contributed by atoms with Crippen LogP contribution in [0.5, 0.6) is 0 Å². The van der Waals surface area contributed by atoms with E-state index in [0.717, 1.165) is 25.1 Å². The quantitative estimate of drug-likeness (QED) is 0.810. The summed E-state index contributed by atoms with van der Waals surface area (Å²) >= 11 is 0. The number of anilines is 1. The van der Waals surface area contributed by atoms with Crippen LogP contribution in [0.4, 0.5) is 5.69 Å². The fourth-order valence-electron chi connectivity index (χ4n) is 2.73. The lowest BCUT2D eigenvalue weighted by Crippen LogP contribution is -2.31. The number of nitrogens with zero attached hydrogens (tertiary/aromatic N) is 1. The number of para-hydroxylation sites is 1. The average molecular weight is 255 g/mol. The van der Waals surface area contributed by atoms with E-state index in [0.29, 0.717) is 11.3 Å². The summed E-state index contributed by atoms with van der Waals surface area (Å²) in [6.07, 6.45) is 3.92. The molecule has 1 aliphatic heterocycles. The van der Waals surface area contributed by atoms with Crippen molar-refractivity contribution in [3.05, 3.63) is 53.9 Å². The number of carbonyl (C=O) groups excluding carboxylic acids is 1. The monoisotopic (exact) mass is 255 g/mol. The van der Waals surface area contributed by atoms with E-state index in [1.54, 1.807) is 12.1 Å². The van der Waals surface area contributed by atoms with Gasteiger partial charge >= 0.3 is 0 Å². The molecule has 1 atom stereocenters. The van der Waals surface area contributed by atoms with Crippen LogP contribution in [0.2, 0.25) is 0 Å². The number of carbonyl (C=O) groups is 1. The Labute approximate surface area is 112 Å². The van der Waals surface area contributed by atoms with Crippen LogP contribution in [-0.2, 0) is 0 Å². The minimum atomic E-state index is 0.0233. The molecule has 0 spiro atoms. The van der Waals surface area contributed by atoms with Gasteiger partial charge in [0.05, 0.1) is 11.6 Å². The van der Waals surface area contributed by atoms with Crippen LogP contribution in [0, 0.1) is 0 Å². The zero-order chi connectivity index (χ0) is 13.2. The number of likely N-dealkylation sites (tertiary alicyclic amines) is 1. The smallest absolute Gasteiger partial charge is 0.256 e. The SMILES string of the molecule is Nc1ccccc1C(=O)N1CCCC1c1ccc[nH]1. The largest absolute Gasteiger partial charge is 0.398 e. The van der Waals surface area contributed by atoms with E-state index in [1.165, 1.54) is 0 Å². The molecule has 19 heavy (non-hydrogen) atoms. The molecule has 4 nitrogen and oxygen atoms in total. The number of hydrogen-bond acceptors (Lipinski definition) is 2. The Morgan fingerprint density at radius 1 is 1.26 bits per heavy atom. The third kappa shape index (κ3) is 2.10. The zero-order valence-corrected chi connectivity index (χ0v) is 10.7. The molecule has 1 unspecified atom stereocenters. The van der Waals surface area contributed by atoms with Gasteiger partial charge in [-0.2, -0.15) is 0 Å². The van der Waals surface area contributed by atoms with Crippen LogP contribution < -0.4 is 5.73 Å². The van der Waals surface area contributed by atoms with E-state index in [4.69, 9.17) is 5.73 Å². The van der Waals surface area contributed by atoms with Crippen LogP contribution in [0.1, 0.15) is 34.9 Å². The summed E-state index contributed by atoms with van der Waals surface area (Å²) in [7, 11) is 0. The number of nitrogens with one attached hydrogen (secondary N) is 1. The molecule has 0 radical (unpaired) electrons. The van der Waals surface area contributed by atoms with Gasteiger partial charge in [-0.25, -0.2) is 0 Å². The minimum Gasteiger partial charge on any atom is -0.398 e. The summed E-state index contributed by atoms with van der Waals surface area (Å²) in [6.45, 7) is 0.789. The maximum absolute atomic E-state index is 12.6. The standard InChI is InChI=1S/C15H17N3O/c16-12-6-2-1-5-11(12)15(19)18-10-4-8-14(18)13-7-3-9-17-13/h1-3,5-7,9,14,17H,4,8,10,16H2. The second kappa shape index (κ2) is 4.80. The van der Waals surface area contributed by atoms with Gasteiger partial charge in [0, 0.05) is 24.1 Å². The van der Waals surface area contributed by atoms with Crippen LogP contribution in [0.25, 0.3) is 0 Å². The van der Waals surface area contributed by atoms with Crippen molar-refractivity contribution in [2.45, 2.75) is 18.9 Å². The van der Waals surface area contributed by atoms with Gasteiger partial charge in [0.1, 0.15) is 0 Å². The molecule has 4 heteroatoms. The molecule has 3 rings (SSSR count). The highest BCUT2D eigenvalue weighted by molar-refractivity contribution is 5.99. The average Bonchev–Trinajstić information content (AvgIpc) is 3.09. The number of aromatic amines is 1. The van der Waals surface area contributed by atoms with Crippen molar-refractivity contribution >= 4 is 11.6 Å². The highest BCUT2D eigenvalue weighted by Crippen LogP contribution is 2.32. The van der Waals surface area contributed by atoms with E-state index >= 15 is 0 Å². The third-order valence-corrected chi connectivity index (χ3v) is 3.69. The molecule has 2 aromatic rings. The lowest BCUT2D eigenvalue weighted by atomic mass is 10.1. The zero-order valence-electron chi connectivity index (χ0n) is 10.7. The van der Waals surface area contributed by atoms with Crippen LogP contribution >= 0.6 is 0 Å². The highest BCUT2D eigenvalue weighted by Gasteiger charge is 2.31. The second-order valence-electron chi connectivity index (χ2n) is 4.87. The first-order valence-corrected chi connectivity index (χ1v) is 6.56. The van der Waals surface area contributed by atoms with Crippen molar-refractivity contribution in [1.29, 1.82) is 0 Å². The molecule has 1 aromatic heterocycles. The maximum Gasteiger partial charge on any atom is 0.256 e. The Morgan fingerprint density at radius 3 is 2.84 bits per heavy atom. The topological polar surface area (TPSA) is 62.1 Å². The number of amides is 1. The fraction of sp³-hybridized carbons (Fsp3) is 0.267. The van der Waals surface area contributed by atoms with Gasteiger partial charge in [-0.3, -0.25) is 4.79 Å². The Hall–Kier alpha value is -2.23. The van der Waals surface area contributed by atoms with Gasteiger partial charge in [0.25, 0.3) is 5.91 Å². The van der Waals surface area contributed by atoms with Crippen molar-refractivity contribution in [2.24, 2.45) is 0 Å². The van der Waals surface area contributed by atoms with Crippen molar-refractivity contribution < 1.29 is 4.79 Å². The number of nitrogen functional groups attached to an aromatic ring is 1. The molecule has 1 fully saturated rings. The second-order valence-corrected chi connectivity index (χ2v) is 4.87. The van der Waals surface area contributed by atoms with E-state index < -0.39 is 0 Å². The molecule has 0 bridgehead atoms. The molecule has 0 saturated carbocycles. The normalized spacial score (nSPS) is 18.7. The lowest BCUT2D eigenvalue weighted by Gasteiger charge is -2.24. The van der Waals surface area contributed by atoms with Crippen LogP contribution in [-0.4, -0.2) is 22.3 Å². The van der Waals surface area contributed by atoms with Gasteiger partial charge in [-0.05, 0) is 37.1 Å². The Bertz CT molecular complexity index is 577. The molecule has 0 aliphatic carbocycles. The first kappa shape index (κ1) is 11.8. The van der Waals surface area contributed by atoms with Gasteiger partial charge < -0.3 is 15.6 Å². The molecule has 1 aliphatic rings. The molecular formula is C15H17N3O. The van der Waals surface area contributed by atoms with E-state index in [-0.39, 0.29) is 11.9 Å². The predicted octanol–water partition coefficient (Wildman–Crippen LogP) is 2.57. The Kier molecular flexibility index (Phi) is 2.99. The van der Waals surface area contributed by atoms with Crippen molar-refractivity contribution in [2.75, 3.05) is 12.3 Å². The minimum absolute atomic E-state index is 0.0233. The maximum atomic E-state index is 12.6. The summed E-state index contributed by atoms with van der Waals surface area (Å²) < 4.78 is 0. The summed E-state index contributed by atoms with van der Waals surface area (Å²) in [6, 6.07) is 11.4. The molecule has 1 aromatic carbocycles. The number of nitrogens with two attached hydrogens (primary N) is 1. The van der Waals surface area contributed by atoms with Crippen molar-refractivity contribution in [3.63, 3.8) is 0 Å². The summed E-state index contributed by atoms with van der Waals surface area (Å²) in [5, 5.41) is 0. The van der Waals surface area contributed by atoms with E-state index in [2.05, 4.69) is 4.98 Å². The fourth-order valence-corrected chi connectivity index (χ4v) is 2.73. The summed E-state index contributed by atoms with van der Waals surface area (Å²) in [5.41, 5.74) is 8.14. The molecular weight excluding hydrogens is 238 g/mol. The van der Waals surface area contributed by atoms with Gasteiger partial charge in [0.2, 0.25) is 0 Å². The molecule has 3 N–H and O–H groups in total. The van der Waals surface area contributed by atoms with Gasteiger partial charge in [-0.1, -0.05) is 12.1 Å². The molecule has 1 saturated heterocycles. The van der Waals surface area contributed by atoms with Crippen molar-refractivity contribution in [1.82, 2.24) is 9.88 Å². The van der Waals surface area contributed by atoms with Gasteiger partial charge in [0.15, 0.2) is 0 Å². The number of benzene rings is 1. The van der Waals surface area contributed by atoms with Crippen molar-refractivity contribution in [3.8, 4) is 0 Å². The number of aromatic nitrogens is 1. The highest BCUT2D eigenvalue weighted by atomic mass is 16.2. The van der Waals surface area contributed by atoms with Crippen LogP contribution in [0.15, 0.2) is 42.6 Å². The van der Waals surface area contributed by atoms with Gasteiger partial charge in [-0.15, -0.1) is 0 Å². The van der Waals surface area contributed by atoms with E-state index in [9.17, 15) is 4.79 Å². The predicted molar refractivity (Wildman–Crippen MR) is 74.7 cm³/mol.